The van der Waals surface area contributed by atoms with Gasteiger partial charge in [0.2, 0.25) is 0 Å². The highest BCUT2D eigenvalue weighted by Crippen LogP contribution is 2.30. The summed E-state index contributed by atoms with van der Waals surface area (Å²) in [7, 11) is 0. The molecular weight excluding hydrogens is 164 g/mol. The zero-order valence-corrected chi connectivity index (χ0v) is 7.57. The fraction of sp³-hybridized carbons (Fsp3) is 0.364. The molecule has 1 fully saturated rings. The number of benzene rings is 1. The van der Waals surface area contributed by atoms with Crippen molar-refractivity contribution in [3.8, 4) is 0 Å². The molecule has 2 nitrogen and oxygen atoms in total. The van der Waals surface area contributed by atoms with Gasteiger partial charge in [0.25, 0.3) is 0 Å². The molecule has 1 aromatic rings. The van der Waals surface area contributed by atoms with Crippen LogP contribution in [0.4, 0.5) is 0 Å². The van der Waals surface area contributed by atoms with E-state index in [0.717, 1.165) is 0 Å². The first-order valence-corrected chi connectivity index (χ1v) is 4.50. The van der Waals surface area contributed by atoms with Gasteiger partial charge in [-0.1, -0.05) is 37.3 Å². The van der Waals surface area contributed by atoms with E-state index in [1.165, 1.54) is 5.56 Å². The normalized spacial score (nSPS) is 27.3. The molecule has 13 heavy (non-hydrogen) atoms. The van der Waals surface area contributed by atoms with Crippen LogP contribution in [0.25, 0.3) is 0 Å². The van der Waals surface area contributed by atoms with Crippen molar-refractivity contribution >= 4 is 5.97 Å². The molecule has 68 valence electrons. The van der Waals surface area contributed by atoms with Crippen LogP contribution in [0.2, 0.25) is 0 Å². The van der Waals surface area contributed by atoms with E-state index >= 15 is 0 Å². The molecule has 0 radical (unpaired) electrons. The molecule has 1 aliphatic rings. The first-order valence-electron chi connectivity index (χ1n) is 4.50. The summed E-state index contributed by atoms with van der Waals surface area (Å²) >= 11 is 0. The first-order chi connectivity index (χ1) is 6.29. The molecule has 1 heterocycles. The van der Waals surface area contributed by atoms with Gasteiger partial charge in [0.15, 0.2) is 0 Å². The molecule has 0 amide bonds. The van der Waals surface area contributed by atoms with Crippen LogP contribution < -0.4 is 0 Å². The van der Waals surface area contributed by atoms with Gasteiger partial charge >= 0.3 is 5.97 Å². The number of carbonyl (C=O) groups is 1. The van der Waals surface area contributed by atoms with Crippen molar-refractivity contribution in [2.24, 2.45) is 5.92 Å². The molecule has 2 rings (SSSR count). The Morgan fingerprint density at radius 2 is 2.00 bits per heavy atom. The number of cyclic esters (lactones) is 1. The van der Waals surface area contributed by atoms with Crippen LogP contribution in [-0.2, 0) is 9.53 Å². The minimum absolute atomic E-state index is 0.00222. The van der Waals surface area contributed by atoms with Crippen molar-refractivity contribution in [2.75, 3.05) is 6.61 Å². The molecule has 0 aromatic heterocycles. The average molecular weight is 176 g/mol. The van der Waals surface area contributed by atoms with Gasteiger partial charge in [-0.3, -0.25) is 4.79 Å². The number of rotatable bonds is 1. The summed E-state index contributed by atoms with van der Waals surface area (Å²) in [4.78, 5) is 11.1. The Hall–Kier alpha value is -1.31. The second-order valence-corrected chi connectivity index (χ2v) is 3.44. The standard InChI is InChI=1S/C11H12O2/c1-8-10(7-13-11(8)12)9-5-3-2-4-6-9/h2-6,8,10H,7H2,1H3/t8?,10-/m0/s1. The summed E-state index contributed by atoms with van der Waals surface area (Å²) in [6, 6.07) is 10.0. The lowest BCUT2D eigenvalue weighted by Crippen LogP contribution is -2.09. The number of hydrogen-bond donors (Lipinski definition) is 0. The Kier molecular flexibility index (Phi) is 2.05. The maximum absolute atomic E-state index is 11.1. The van der Waals surface area contributed by atoms with Crippen LogP contribution in [0.1, 0.15) is 18.4 Å². The fourth-order valence-electron chi connectivity index (χ4n) is 1.70. The topological polar surface area (TPSA) is 26.3 Å². The Balaban J connectivity index is 2.24. The Morgan fingerprint density at radius 1 is 1.31 bits per heavy atom. The largest absolute Gasteiger partial charge is 0.465 e. The average Bonchev–Trinajstić information content (AvgIpc) is 2.49. The van der Waals surface area contributed by atoms with Crippen LogP contribution in [0, 0.1) is 5.92 Å². The van der Waals surface area contributed by atoms with E-state index in [4.69, 9.17) is 4.74 Å². The minimum Gasteiger partial charge on any atom is -0.465 e. The van der Waals surface area contributed by atoms with Gasteiger partial charge in [-0.15, -0.1) is 0 Å². The number of carbonyl (C=O) groups excluding carboxylic acids is 1. The second kappa shape index (κ2) is 3.21. The third-order valence-corrected chi connectivity index (χ3v) is 2.61. The second-order valence-electron chi connectivity index (χ2n) is 3.44. The van der Waals surface area contributed by atoms with Gasteiger partial charge in [0.1, 0.15) is 0 Å². The number of esters is 1. The lowest BCUT2D eigenvalue weighted by molar-refractivity contribution is -0.140. The number of hydrogen-bond acceptors (Lipinski definition) is 2. The molecule has 2 heteroatoms. The van der Waals surface area contributed by atoms with Crippen molar-refractivity contribution in [2.45, 2.75) is 12.8 Å². The Bertz CT molecular complexity index is 305. The van der Waals surface area contributed by atoms with Crippen LogP contribution in [0.15, 0.2) is 30.3 Å². The van der Waals surface area contributed by atoms with Crippen molar-refractivity contribution in [1.29, 1.82) is 0 Å². The molecule has 0 bridgehead atoms. The van der Waals surface area contributed by atoms with Gasteiger partial charge < -0.3 is 4.74 Å². The van der Waals surface area contributed by atoms with E-state index in [1.54, 1.807) is 0 Å². The predicted molar refractivity (Wildman–Crippen MR) is 49.3 cm³/mol. The molecule has 0 spiro atoms. The molecule has 2 atom stereocenters. The highest BCUT2D eigenvalue weighted by atomic mass is 16.5. The third-order valence-electron chi connectivity index (χ3n) is 2.61. The van der Waals surface area contributed by atoms with Gasteiger partial charge in [-0.05, 0) is 5.56 Å². The Labute approximate surface area is 77.5 Å². The SMILES string of the molecule is CC1C(=O)OC[C@@H]1c1ccccc1. The van der Waals surface area contributed by atoms with Crippen molar-refractivity contribution in [1.82, 2.24) is 0 Å². The highest BCUT2D eigenvalue weighted by molar-refractivity contribution is 5.75. The maximum Gasteiger partial charge on any atom is 0.309 e. The molecule has 1 aliphatic heterocycles. The smallest absolute Gasteiger partial charge is 0.309 e. The monoisotopic (exact) mass is 176 g/mol. The van der Waals surface area contributed by atoms with Gasteiger partial charge in [0.05, 0.1) is 12.5 Å². The molecule has 0 saturated carbocycles. The molecular formula is C11H12O2. The zero-order valence-electron chi connectivity index (χ0n) is 7.57. The quantitative estimate of drug-likeness (QED) is 0.611. The first kappa shape index (κ1) is 8.30. The lowest BCUT2D eigenvalue weighted by Gasteiger charge is -2.10. The van der Waals surface area contributed by atoms with E-state index < -0.39 is 0 Å². The Morgan fingerprint density at radius 3 is 2.54 bits per heavy atom. The van der Waals surface area contributed by atoms with E-state index in [2.05, 4.69) is 0 Å². The van der Waals surface area contributed by atoms with Gasteiger partial charge in [0, 0.05) is 5.92 Å². The lowest BCUT2D eigenvalue weighted by atomic mass is 9.90. The fourth-order valence-corrected chi connectivity index (χ4v) is 1.70. The van der Waals surface area contributed by atoms with Crippen molar-refractivity contribution < 1.29 is 9.53 Å². The van der Waals surface area contributed by atoms with Gasteiger partial charge in [-0.25, -0.2) is 0 Å². The van der Waals surface area contributed by atoms with Crippen LogP contribution in [0.3, 0.4) is 0 Å². The van der Waals surface area contributed by atoms with Crippen LogP contribution in [0.5, 0.6) is 0 Å². The summed E-state index contributed by atoms with van der Waals surface area (Å²) < 4.78 is 4.99. The van der Waals surface area contributed by atoms with Crippen LogP contribution >= 0.6 is 0 Å². The summed E-state index contributed by atoms with van der Waals surface area (Å²) in [6.07, 6.45) is 0. The molecule has 1 saturated heterocycles. The van der Waals surface area contributed by atoms with E-state index in [0.29, 0.717) is 6.61 Å². The zero-order chi connectivity index (χ0) is 9.26. The highest BCUT2D eigenvalue weighted by Gasteiger charge is 2.33. The third kappa shape index (κ3) is 1.44. The molecule has 1 aromatic carbocycles. The van der Waals surface area contributed by atoms with Crippen LogP contribution in [-0.4, -0.2) is 12.6 Å². The van der Waals surface area contributed by atoms with Crippen molar-refractivity contribution in [3.63, 3.8) is 0 Å². The van der Waals surface area contributed by atoms with Crippen molar-refractivity contribution in [3.05, 3.63) is 35.9 Å². The van der Waals surface area contributed by atoms with Gasteiger partial charge in [-0.2, -0.15) is 0 Å². The predicted octanol–water partition coefficient (Wildman–Crippen LogP) is 1.96. The summed E-state index contributed by atoms with van der Waals surface area (Å²) in [5, 5.41) is 0. The summed E-state index contributed by atoms with van der Waals surface area (Å²) in [5.74, 6) is 0.171. The molecule has 0 N–H and O–H groups in total. The summed E-state index contributed by atoms with van der Waals surface area (Å²) in [5.41, 5.74) is 1.20. The maximum atomic E-state index is 11.1. The van der Waals surface area contributed by atoms with E-state index in [-0.39, 0.29) is 17.8 Å². The molecule has 0 aliphatic carbocycles. The minimum atomic E-state index is -0.0751. The van der Waals surface area contributed by atoms with E-state index in [9.17, 15) is 4.79 Å². The number of ether oxygens (including phenoxy) is 1. The van der Waals surface area contributed by atoms with E-state index in [1.807, 2.05) is 37.3 Å². The molecule has 1 unspecified atom stereocenters. The summed E-state index contributed by atoms with van der Waals surface area (Å²) in [6.45, 7) is 2.46.